The largest absolute Gasteiger partial charge is 0.497 e. The van der Waals surface area contributed by atoms with Gasteiger partial charge in [0.05, 0.1) is 150 Å². The summed E-state index contributed by atoms with van der Waals surface area (Å²) in [6.07, 6.45) is 26.3. The van der Waals surface area contributed by atoms with Gasteiger partial charge >= 0.3 is 23.9 Å². The molecule has 0 bridgehead atoms. The minimum Gasteiger partial charge on any atom is -0.497 e. The number of carboxylic acid groups (broad SMARTS) is 1. The van der Waals surface area contributed by atoms with Crippen LogP contribution >= 0.6 is 45.3 Å². The number of unbranched alkanes of at least 4 members (excludes halogenated alkanes) is 8. The van der Waals surface area contributed by atoms with Crippen LogP contribution in [0.4, 0.5) is 22.7 Å². The van der Waals surface area contributed by atoms with Crippen LogP contribution in [0.3, 0.4) is 0 Å². The van der Waals surface area contributed by atoms with E-state index in [-0.39, 0.29) is 88.7 Å². The van der Waals surface area contributed by atoms with Gasteiger partial charge in [0.25, 0.3) is 17.7 Å². The van der Waals surface area contributed by atoms with Crippen LogP contribution in [-0.4, -0.2) is 149 Å². The number of hydrogen-bond donors (Lipinski definition) is 3. The number of ether oxygens (including phenoxy) is 11. The molecule has 1 saturated heterocycles. The summed E-state index contributed by atoms with van der Waals surface area (Å²) < 4.78 is 61.1. The summed E-state index contributed by atoms with van der Waals surface area (Å²) in [5.74, 6) is -0.321. The Morgan fingerprint density at radius 2 is 0.648 bits per heavy atom. The third-order valence-corrected chi connectivity index (χ3v) is 28.9. The van der Waals surface area contributed by atoms with Crippen LogP contribution in [0.15, 0.2) is 231 Å². The Morgan fingerprint density at radius 1 is 0.352 bits per heavy atom. The van der Waals surface area contributed by atoms with E-state index in [4.69, 9.17) is 57.2 Å². The molecule has 3 N–H and O–H groups in total. The molecule has 4 unspecified atom stereocenters. The van der Waals surface area contributed by atoms with E-state index in [0.29, 0.717) is 87.1 Å². The first kappa shape index (κ1) is 111. The molecule has 4 amide bonds. The highest BCUT2D eigenvalue weighted by Gasteiger charge is 2.39. The van der Waals surface area contributed by atoms with Gasteiger partial charge in [-0.05, 0) is 186 Å². The first-order valence-electron chi connectivity index (χ1n) is 48.7. The zero-order valence-corrected chi connectivity index (χ0v) is 86.0. The SMILES string of the molecule is CCCCCC(O)c1ccc(N2C(=O)C=C[C@@H]2COCc2ccc(C(=O)O)s2)cc1.CCCCCC(O)c1ccc(N2C(=O)C=C[C@@H]2COCc2ccc(C(=O)OC)s2)cc1.CCCCCC(OCc1ccc(OC)cc1)c1ccc(N2C(=O)C=C[C@@H]2COCc2ccc(C(=O)OC)s2)cc1.CCCCCC(OCc1ccc(OC)cc1)c1ccc(N2C(=O)C[C@@H](C)[C@@H]2COCc2ccc(C(=O)OC)s2)cc1. The van der Waals surface area contributed by atoms with Crippen LogP contribution in [0, 0.1) is 5.92 Å². The van der Waals surface area contributed by atoms with Crippen LogP contribution in [0.2, 0.25) is 0 Å². The second-order valence-electron chi connectivity index (χ2n) is 35.0. The van der Waals surface area contributed by atoms with Crippen LogP contribution in [-0.2, 0) is 101 Å². The molecule has 9 atom stereocenters. The quantitative estimate of drug-likeness (QED) is 0.0181. The van der Waals surface area contributed by atoms with Gasteiger partial charge in [-0.15, -0.1) is 45.3 Å². The summed E-state index contributed by atoms with van der Waals surface area (Å²) in [6, 6.07) is 60.6. The molecule has 6 aromatic carbocycles. The van der Waals surface area contributed by atoms with Crippen LogP contribution < -0.4 is 29.1 Å². The van der Waals surface area contributed by atoms with Gasteiger partial charge < -0.3 is 72.3 Å². The predicted molar refractivity (Wildman–Crippen MR) is 556 cm³/mol. The summed E-state index contributed by atoms with van der Waals surface area (Å²) >= 11 is 5.23. The maximum atomic E-state index is 13.0. The minimum atomic E-state index is -0.944. The fourth-order valence-corrected chi connectivity index (χ4v) is 20.1. The van der Waals surface area contributed by atoms with Gasteiger partial charge in [0.1, 0.15) is 31.0 Å². The Hall–Kier alpha value is -11.6. The van der Waals surface area contributed by atoms with Crippen molar-refractivity contribution in [1.82, 2.24) is 0 Å². The Kier molecular flexibility index (Phi) is 45.4. The summed E-state index contributed by atoms with van der Waals surface area (Å²) in [7, 11) is 7.42. The molecular formula is C112H134N4O22S4. The van der Waals surface area contributed by atoms with E-state index < -0.39 is 18.2 Å². The van der Waals surface area contributed by atoms with Crippen LogP contribution in [0.25, 0.3) is 0 Å². The number of aliphatic hydroxyl groups excluding tert-OH is 2. The number of aliphatic hydroxyl groups is 2. The monoisotopic (exact) mass is 2010 g/mol. The number of anilines is 4. The molecule has 0 saturated carbocycles. The molecule has 142 heavy (non-hydrogen) atoms. The summed E-state index contributed by atoms with van der Waals surface area (Å²) in [5.41, 5.74) is 9.36. The zero-order chi connectivity index (χ0) is 101. The van der Waals surface area contributed by atoms with E-state index in [9.17, 15) is 48.6 Å². The summed E-state index contributed by atoms with van der Waals surface area (Å²) in [6.45, 7) is 14.6. The number of aromatic carboxylic acids is 1. The van der Waals surface area contributed by atoms with Crippen molar-refractivity contribution < 1.29 is 106 Å². The highest BCUT2D eigenvalue weighted by atomic mass is 32.1. The summed E-state index contributed by atoms with van der Waals surface area (Å²) in [5, 5.41) is 29.7. The number of carbonyl (C=O) groups is 8. The molecule has 758 valence electrons. The first-order chi connectivity index (χ1) is 69.0. The van der Waals surface area contributed by atoms with Gasteiger partial charge in [0.2, 0.25) is 5.91 Å². The van der Waals surface area contributed by atoms with Gasteiger partial charge in [-0.1, -0.05) is 203 Å². The van der Waals surface area contributed by atoms with E-state index >= 15 is 0 Å². The number of amides is 4. The van der Waals surface area contributed by atoms with Crippen LogP contribution in [0.1, 0.15) is 260 Å². The van der Waals surface area contributed by atoms with Crippen molar-refractivity contribution in [2.45, 2.75) is 232 Å². The maximum Gasteiger partial charge on any atom is 0.348 e. The van der Waals surface area contributed by atoms with E-state index in [1.165, 1.54) is 72.8 Å². The summed E-state index contributed by atoms with van der Waals surface area (Å²) in [4.78, 5) is 109. The molecule has 4 aliphatic rings. The zero-order valence-electron chi connectivity index (χ0n) is 82.7. The van der Waals surface area contributed by atoms with Gasteiger partial charge in [-0.25, -0.2) is 19.2 Å². The Morgan fingerprint density at radius 3 is 0.951 bits per heavy atom. The van der Waals surface area contributed by atoms with Gasteiger partial charge in [-0.3, -0.25) is 33.9 Å². The fraction of sp³-hybridized carbons (Fsp3) is 0.411. The number of rotatable bonds is 52. The van der Waals surface area contributed by atoms with E-state index in [1.54, 1.807) is 71.4 Å². The molecule has 4 aliphatic heterocycles. The molecule has 8 heterocycles. The van der Waals surface area contributed by atoms with Gasteiger partial charge in [0.15, 0.2) is 0 Å². The molecule has 0 aliphatic carbocycles. The number of thiophene rings is 4. The lowest BCUT2D eigenvalue weighted by Gasteiger charge is -2.27. The van der Waals surface area contributed by atoms with Crippen LogP contribution in [0.5, 0.6) is 11.5 Å². The van der Waals surface area contributed by atoms with Crippen molar-refractivity contribution in [2.24, 2.45) is 5.92 Å². The molecular weight excluding hydrogens is 1880 g/mol. The first-order valence-corrected chi connectivity index (χ1v) is 52.0. The Labute approximate surface area is 849 Å². The van der Waals surface area contributed by atoms with Gasteiger partial charge in [-0.2, -0.15) is 0 Å². The molecule has 26 nitrogen and oxygen atoms in total. The number of carboxylic acids is 1. The topological polar surface area (TPSA) is 312 Å². The van der Waals surface area contributed by atoms with Crippen molar-refractivity contribution in [3.8, 4) is 11.5 Å². The van der Waals surface area contributed by atoms with Crippen molar-refractivity contribution in [2.75, 3.05) is 81.6 Å². The lowest BCUT2D eigenvalue weighted by atomic mass is 10.0. The second-order valence-corrected chi connectivity index (χ2v) is 39.7. The lowest BCUT2D eigenvalue weighted by molar-refractivity contribution is -0.117. The van der Waals surface area contributed by atoms with Crippen molar-refractivity contribution in [1.29, 1.82) is 0 Å². The Bertz CT molecular complexity index is 5690. The molecule has 0 radical (unpaired) electrons. The van der Waals surface area contributed by atoms with Crippen molar-refractivity contribution >= 4 is 116 Å². The van der Waals surface area contributed by atoms with E-state index in [0.717, 1.165) is 190 Å². The van der Waals surface area contributed by atoms with E-state index in [1.807, 2.05) is 163 Å². The lowest BCUT2D eigenvalue weighted by Crippen LogP contribution is -2.38. The third-order valence-electron chi connectivity index (χ3n) is 24.7. The number of nitrogens with zero attached hydrogens (tertiary/aromatic N) is 4. The number of benzene rings is 6. The number of carbonyl (C=O) groups excluding carboxylic acids is 7. The Balaban J connectivity index is 0.000000182. The highest BCUT2D eigenvalue weighted by molar-refractivity contribution is 7.14. The normalized spacial score (nSPS) is 16.6. The van der Waals surface area contributed by atoms with E-state index in [2.05, 4.69) is 58.9 Å². The molecule has 0 spiro atoms. The van der Waals surface area contributed by atoms with Crippen molar-refractivity contribution in [3.63, 3.8) is 0 Å². The molecule has 1 fully saturated rings. The molecule has 4 aromatic heterocycles. The third kappa shape index (κ3) is 33.0. The minimum absolute atomic E-state index is 0.0225. The molecule has 10 aromatic rings. The molecule has 30 heteroatoms. The number of esters is 3. The second kappa shape index (κ2) is 58.2. The fourth-order valence-electron chi connectivity index (χ4n) is 16.7. The predicted octanol–water partition coefficient (Wildman–Crippen LogP) is 23.4. The average molecular weight is 2020 g/mol. The standard InChI is InChI=1S/C33H41NO6S.C32H37NO6S.C24H29NO5S.C23H27NO5S/c1-5-6-7-8-30(40-20-24-9-15-27(37-3)16-10-24)25-11-13-26(14-12-25)34-29(23(2)19-32(34)35)22-39-21-28-17-18-31(41-28)33(36)38-4;1-4-5-6-7-29(39-20-23-8-15-27(36-2)16-9-23)24-10-12-25(13-11-24)33-26(14-19-31(33)34)21-38-22-28-17-18-30(40-28)32(35)37-3;1-3-4-5-6-21(26)17-7-9-18(10-8-17)25-19(11-14-23(25)27)15-30-16-20-12-13-22(31-20)24(28)29-2;1-2-3-4-5-20(25)16-6-8-17(9-7-16)24-18(10-13-22(24)26)14-29-15-19-11-12-21(30-19)23(27)28/h9-18,23,29-30H,5-8,19-22H2,1-4H3;8-19,26,29H,4-7,20-22H2,1-3H3;7-14,19,21,26H,3-6,15-16H2,1-2H3;6-13,18,20,25H,2-5,14-15H2,1H3,(H,27,28)/t23-,29+,30?;26-,29?;19-,21?;18-,20?/m1111/s1. The molecule has 14 rings (SSSR count). The highest BCUT2D eigenvalue weighted by Crippen LogP contribution is 2.38. The van der Waals surface area contributed by atoms with Crippen molar-refractivity contribution in [3.05, 3.63) is 303 Å². The number of hydrogen-bond acceptors (Lipinski definition) is 25. The number of methoxy groups -OCH3 is 5. The van der Waals surface area contributed by atoms with Gasteiger partial charge in [0, 0.05) is 66.9 Å². The average Bonchev–Trinajstić information content (AvgIpc) is 1.63. The maximum absolute atomic E-state index is 13.0. The smallest absolute Gasteiger partial charge is 0.348 e.